The third kappa shape index (κ3) is 23.2. The summed E-state index contributed by atoms with van der Waals surface area (Å²) >= 11 is 0. The van der Waals surface area contributed by atoms with Crippen LogP contribution in [-0.4, -0.2) is 16.7 Å². The number of hydrogen-bond donors (Lipinski definition) is 1. The van der Waals surface area contributed by atoms with Gasteiger partial charge in [-0.15, -0.1) is 0 Å². The van der Waals surface area contributed by atoms with Gasteiger partial charge in [-0.05, 0) is 56.2 Å². The minimum Gasteiger partial charge on any atom is -1.00 e. The highest BCUT2D eigenvalue weighted by molar-refractivity contribution is 5.08. The lowest BCUT2D eigenvalue weighted by Gasteiger charge is -2.04. The van der Waals surface area contributed by atoms with E-state index in [1.54, 1.807) is 0 Å². The van der Waals surface area contributed by atoms with Gasteiger partial charge in [0.2, 0.25) is 0 Å². The Bertz CT molecular complexity index is 801. The normalized spacial score (nSPS) is 11.0. The lowest BCUT2D eigenvalue weighted by molar-refractivity contribution is -0.697. The summed E-state index contributed by atoms with van der Waals surface area (Å²) in [6.07, 6.45) is 42.1. The van der Waals surface area contributed by atoms with Crippen LogP contribution in [0.1, 0.15) is 159 Å². The smallest absolute Gasteiger partial charge is 0.171 e. The van der Waals surface area contributed by atoms with Crippen molar-refractivity contribution in [3.05, 3.63) is 60.2 Å². The summed E-state index contributed by atoms with van der Waals surface area (Å²) < 4.78 is 2.42. The lowest BCUT2D eigenvalue weighted by atomic mass is 10.0. The summed E-state index contributed by atoms with van der Waals surface area (Å²) in [7, 11) is 0. The number of unbranched alkanes of at least 4 members (excludes halogenated alkanes) is 21. The van der Waals surface area contributed by atoms with Crippen molar-refractivity contribution in [1.29, 1.82) is 0 Å². The highest BCUT2D eigenvalue weighted by Crippen LogP contribution is 2.14. The standard InChI is InChI=1S/C37H63N2O.HI/c40-33-23-19-15-11-7-2-1-4-9-13-17-21-27-37-29-25-32-39(35-37)31-22-18-14-10-6-3-5-8-12-16-20-26-36-28-24-30-38-34-36;/h24-25,28-30,32,34-35,40H,1-23,26-27,31,33H2;1H/q+1;/p-1. The van der Waals surface area contributed by atoms with Crippen molar-refractivity contribution >= 4 is 0 Å². The zero-order valence-electron chi connectivity index (χ0n) is 26.4. The van der Waals surface area contributed by atoms with Gasteiger partial charge in [0.25, 0.3) is 0 Å². The molecule has 0 atom stereocenters. The zero-order chi connectivity index (χ0) is 28.2. The molecule has 4 heteroatoms. The number of halogens is 1. The predicted molar refractivity (Wildman–Crippen MR) is 172 cm³/mol. The van der Waals surface area contributed by atoms with Crippen molar-refractivity contribution in [2.75, 3.05) is 6.61 Å². The van der Waals surface area contributed by atoms with Gasteiger partial charge >= 0.3 is 0 Å². The highest BCUT2D eigenvalue weighted by Gasteiger charge is 2.04. The largest absolute Gasteiger partial charge is 1.00 e. The van der Waals surface area contributed by atoms with Gasteiger partial charge in [-0.1, -0.05) is 122 Å². The second kappa shape index (κ2) is 29.1. The Balaban J connectivity index is 0.00000840. The molecule has 0 aromatic carbocycles. The molecule has 0 bridgehead atoms. The molecular weight excluding hydrogens is 615 g/mol. The maximum atomic E-state index is 8.81. The van der Waals surface area contributed by atoms with Crippen molar-refractivity contribution in [3.8, 4) is 0 Å². The molecule has 0 aliphatic heterocycles. The average Bonchev–Trinajstić information content (AvgIpc) is 2.98. The van der Waals surface area contributed by atoms with Crippen molar-refractivity contribution in [2.24, 2.45) is 0 Å². The minimum absolute atomic E-state index is 0. The van der Waals surface area contributed by atoms with Crippen LogP contribution in [0.5, 0.6) is 0 Å². The molecule has 0 saturated heterocycles. The van der Waals surface area contributed by atoms with Crippen molar-refractivity contribution in [2.45, 2.75) is 167 Å². The molecule has 41 heavy (non-hydrogen) atoms. The van der Waals surface area contributed by atoms with E-state index in [0.717, 1.165) is 6.42 Å². The summed E-state index contributed by atoms with van der Waals surface area (Å²) in [6.45, 7) is 1.54. The number of aromatic nitrogens is 2. The summed E-state index contributed by atoms with van der Waals surface area (Å²) in [5.41, 5.74) is 2.90. The number of aliphatic hydroxyl groups is 1. The highest BCUT2D eigenvalue weighted by atomic mass is 127. The predicted octanol–water partition coefficient (Wildman–Crippen LogP) is 7.12. The number of rotatable bonds is 28. The van der Waals surface area contributed by atoms with Crippen LogP contribution in [0.4, 0.5) is 0 Å². The number of aryl methyl sites for hydroxylation is 3. The first-order chi connectivity index (χ1) is 19.9. The van der Waals surface area contributed by atoms with E-state index in [9.17, 15) is 0 Å². The first-order valence-electron chi connectivity index (χ1n) is 17.4. The zero-order valence-corrected chi connectivity index (χ0v) is 28.6. The van der Waals surface area contributed by atoms with Crippen molar-refractivity contribution < 1.29 is 33.7 Å². The van der Waals surface area contributed by atoms with Crippen molar-refractivity contribution in [3.63, 3.8) is 0 Å². The Hall–Kier alpha value is -1.01. The van der Waals surface area contributed by atoms with Gasteiger partial charge in [-0.25, -0.2) is 4.57 Å². The van der Waals surface area contributed by atoms with Crippen molar-refractivity contribution in [1.82, 2.24) is 4.98 Å². The Kier molecular flexibility index (Phi) is 27.0. The monoisotopic (exact) mass is 678 g/mol. The Morgan fingerprint density at radius 1 is 0.512 bits per heavy atom. The molecule has 0 aliphatic rings. The summed E-state index contributed by atoms with van der Waals surface area (Å²) in [5.74, 6) is 0. The van der Waals surface area contributed by atoms with E-state index in [4.69, 9.17) is 5.11 Å². The molecule has 0 unspecified atom stereocenters. The lowest BCUT2D eigenvalue weighted by Crippen LogP contribution is -3.00. The van der Waals surface area contributed by atoms with E-state index < -0.39 is 0 Å². The summed E-state index contributed by atoms with van der Waals surface area (Å²) in [6, 6.07) is 8.81. The van der Waals surface area contributed by atoms with Crippen LogP contribution in [0.2, 0.25) is 0 Å². The van der Waals surface area contributed by atoms with Crippen LogP contribution in [0.3, 0.4) is 0 Å². The molecule has 2 heterocycles. The molecule has 3 nitrogen and oxygen atoms in total. The van der Waals surface area contributed by atoms with Crippen LogP contribution in [0, 0.1) is 0 Å². The molecule has 2 rings (SSSR count). The van der Waals surface area contributed by atoms with Gasteiger partial charge in [0.1, 0.15) is 6.54 Å². The third-order valence-corrected chi connectivity index (χ3v) is 8.40. The fourth-order valence-corrected chi connectivity index (χ4v) is 5.83. The molecule has 0 spiro atoms. The Morgan fingerprint density at radius 3 is 1.44 bits per heavy atom. The van der Waals surface area contributed by atoms with E-state index in [-0.39, 0.29) is 24.0 Å². The first-order valence-corrected chi connectivity index (χ1v) is 17.4. The second-order valence-electron chi connectivity index (χ2n) is 12.2. The van der Waals surface area contributed by atoms with Crippen LogP contribution in [-0.2, 0) is 19.4 Å². The summed E-state index contributed by atoms with van der Waals surface area (Å²) in [4.78, 5) is 4.20. The van der Waals surface area contributed by atoms with E-state index in [1.165, 1.54) is 172 Å². The maximum Gasteiger partial charge on any atom is 0.171 e. The molecule has 0 aliphatic carbocycles. The molecule has 1 N–H and O–H groups in total. The Labute approximate surface area is 271 Å². The Morgan fingerprint density at radius 2 is 0.951 bits per heavy atom. The molecule has 0 radical (unpaired) electrons. The first kappa shape index (κ1) is 38.0. The fraction of sp³-hybridized carbons (Fsp3) is 0.730. The molecular formula is C37H63IN2O. The minimum atomic E-state index is 0. The third-order valence-electron chi connectivity index (χ3n) is 8.40. The van der Waals surface area contributed by atoms with Gasteiger partial charge in [-0.2, -0.15) is 0 Å². The molecule has 0 amide bonds. The average molecular weight is 679 g/mol. The molecule has 2 aromatic rings. The van der Waals surface area contributed by atoms with Gasteiger partial charge in [0, 0.05) is 37.1 Å². The van der Waals surface area contributed by atoms with E-state index >= 15 is 0 Å². The van der Waals surface area contributed by atoms with Gasteiger partial charge in [0.05, 0.1) is 0 Å². The number of nitrogens with zero attached hydrogens (tertiary/aromatic N) is 2. The van der Waals surface area contributed by atoms with Gasteiger partial charge in [-0.3, -0.25) is 4.98 Å². The molecule has 0 saturated carbocycles. The maximum absolute atomic E-state index is 8.81. The topological polar surface area (TPSA) is 37.0 Å². The number of pyridine rings is 2. The second-order valence-corrected chi connectivity index (χ2v) is 12.2. The van der Waals surface area contributed by atoms with Crippen LogP contribution < -0.4 is 28.5 Å². The summed E-state index contributed by atoms with van der Waals surface area (Å²) in [5, 5.41) is 8.81. The van der Waals surface area contributed by atoms with Gasteiger partial charge in [0.15, 0.2) is 12.4 Å². The van der Waals surface area contributed by atoms with Crippen LogP contribution >= 0.6 is 0 Å². The molecule has 0 fully saturated rings. The molecule has 2 aromatic heterocycles. The van der Waals surface area contributed by atoms with E-state index in [0.29, 0.717) is 6.61 Å². The number of hydrogen-bond acceptors (Lipinski definition) is 2. The van der Waals surface area contributed by atoms with E-state index in [1.807, 2.05) is 18.5 Å². The van der Waals surface area contributed by atoms with Crippen LogP contribution in [0.25, 0.3) is 0 Å². The van der Waals surface area contributed by atoms with Gasteiger partial charge < -0.3 is 29.1 Å². The van der Waals surface area contributed by atoms with E-state index in [2.05, 4.69) is 40.1 Å². The quantitative estimate of drug-likeness (QED) is 0.0592. The molecule has 234 valence electrons. The number of aliphatic hydroxyl groups excluding tert-OH is 1. The van der Waals surface area contributed by atoms with Crippen LogP contribution in [0.15, 0.2) is 49.1 Å². The SMILES string of the molecule is OCCCCCCCCCCCCCCc1ccc[n+](CCCCCCCCCCCCCc2cccnc2)c1.[I-]. The fourth-order valence-electron chi connectivity index (χ4n) is 5.83.